The highest BCUT2D eigenvalue weighted by Crippen LogP contribution is 2.35. The second-order valence-electron chi connectivity index (χ2n) is 6.67. The van der Waals surface area contributed by atoms with E-state index in [0.29, 0.717) is 5.91 Å². The largest absolute Gasteiger partial charge is 0.334 e. The van der Waals surface area contributed by atoms with Crippen LogP contribution in [0.25, 0.3) is 0 Å². The second-order valence-corrected chi connectivity index (χ2v) is 6.67. The van der Waals surface area contributed by atoms with E-state index < -0.39 is 0 Å². The molecule has 1 aliphatic heterocycles. The first kappa shape index (κ1) is 15.8. The van der Waals surface area contributed by atoms with E-state index in [2.05, 4.69) is 17.1 Å². The van der Waals surface area contributed by atoms with Gasteiger partial charge in [-0.15, -0.1) is 0 Å². The molecule has 0 atom stereocenters. The average molecular weight is 280 g/mol. The van der Waals surface area contributed by atoms with E-state index in [0.717, 1.165) is 32.5 Å². The molecule has 0 radical (unpaired) electrons. The third-order valence-electron chi connectivity index (χ3n) is 5.12. The van der Waals surface area contributed by atoms with Crippen LogP contribution in [0.4, 0.5) is 0 Å². The Labute approximate surface area is 124 Å². The summed E-state index contributed by atoms with van der Waals surface area (Å²) in [7, 11) is 0. The van der Waals surface area contributed by atoms with E-state index >= 15 is 0 Å². The van der Waals surface area contributed by atoms with Crippen LogP contribution in [0.2, 0.25) is 0 Å². The summed E-state index contributed by atoms with van der Waals surface area (Å²) in [5, 5.41) is 3.52. The minimum absolute atomic E-state index is 0.164. The SMILES string of the molecule is CCCCCCCC(=O)N1CCNCC12CCCCC2. The monoisotopic (exact) mass is 280 g/mol. The minimum Gasteiger partial charge on any atom is -0.334 e. The molecule has 3 heteroatoms. The lowest BCUT2D eigenvalue weighted by Gasteiger charge is -2.50. The molecule has 1 N–H and O–H groups in total. The van der Waals surface area contributed by atoms with Crippen LogP contribution in [0, 0.1) is 0 Å². The van der Waals surface area contributed by atoms with Gasteiger partial charge in [0.2, 0.25) is 5.91 Å². The lowest BCUT2D eigenvalue weighted by atomic mass is 9.79. The molecule has 0 aromatic carbocycles. The Balaban J connectivity index is 1.82. The highest BCUT2D eigenvalue weighted by atomic mass is 16.2. The predicted octanol–water partition coefficient (Wildman–Crippen LogP) is 3.48. The Morgan fingerprint density at radius 1 is 1.10 bits per heavy atom. The zero-order valence-electron chi connectivity index (χ0n) is 13.3. The van der Waals surface area contributed by atoms with Crippen LogP contribution >= 0.6 is 0 Å². The highest BCUT2D eigenvalue weighted by Gasteiger charge is 2.41. The van der Waals surface area contributed by atoms with Crippen LogP contribution in [0.5, 0.6) is 0 Å². The molecular formula is C17H32N2O. The lowest BCUT2D eigenvalue weighted by Crippen LogP contribution is -2.63. The first-order chi connectivity index (χ1) is 9.78. The van der Waals surface area contributed by atoms with Crippen LogP contribution in [-0.2, 0) is 4.79 Å². The molecule has 0 aromatic heterocycles. The summed E-state index contributed by atoms with van der Waals surface area (Å²) in [4.78, 5) is 14.9. The average Bonchev–Trinajstić information content (AvgIpc) is 2.48. The molecule has 2 rings (SSSR count). The molecule has 1 saturated carbocycles. The fourth-order valence-corrected chi connectivity index (χ4v) is 3.91. The first-order valence-electron chi connectivity index (χ1n) is 8.80. The summed E-state index contributed by atoms with van der Waals surface area (Å²) in [6.45, 7) is 5.16. The summed E-state index contributed by atoms with van der Waals surface area (Å²) in [5.41, 5.74) is 0.164. The molecule has 1 heterocycles. The van der Waals surface area contributed by atoms with E-state index in [-0.39, 0.29) is 5.54 Å². The van der Waals surface area contributed by atoms with E-state index in [4.69, 9.17) is 0 Å². The van der Waals surface area contributed by atoms with Gasteiger partial charge in [-0.3, -0.25) is 4.79 Å². The maximum Gasteiger partial charge on any atom is 0.223 e. The van der Waals surface area contributed by atoms with Gasteiger partial charge in [0.1, 0.15) is 0 Å². The van der Waals surface area contributed by atoms with Crippen molar-refractivity contribution in [2.75, 3.05) is 19.6 Å². The smallest absolute Gasteiger partial charge is 0.223 e. The summed E-state index contributed by atoms with van der Waals surface area (Å²) in [6, 6.07) is 0. The number of carbonyl (C=O) groups is 1. The molecule has 0 bridgehead atoms. The molecule has 3 nitrogen and oxygen atoms in total. The summed E-state index contributed by atoms with van der Waals surface area (Å²) >= 11 is 0. The number of piperazine rings is 1. The normalized spacial score (nSPS) is 22.1. The number of rotatable bonds is 6. The maximum atomic E-state index is 12.6. The van der Waals surface area contributed by atoms with E-state index in [9.17, 15) is 4.79 Å². The highest BCUT2D eigenvalue weighted by molar-refractivity contribution is 5.77. The Bertz CT molecular complexity index is 289. The van der Waals surface area contributed by atoms with Gasteiger partial charge in [-0.05, 0) is 19.3 Å². The van der Waals surface area contributed by atoms with Crippen molar-refractivity contribution >= 4 is 5.91 Å². The van der Waals surface area contributed by atoms with E-state index in [1.54, 1.807) is 0 Å². The number of carbonyl (C=O) groups excluding carboxylic acids is 1. The molecule has 1 saturated heterocycles. The first-order valence-corrected chi connectivity index (χ1v) is 8.80. The number of unbranched alkanes of at least 4 members (excludes halogenated alkanes) is 4. The van der Waals surface area contributed by atoms with E-state index in [1.807, 2.05) is 0 Å². The van der Waals surface area contributed by atoms with Crippen molar-refractivity contribution in [1.82, 2.24) is 10.2 Å². The molecule has 116 valence electrons. The fraction of sp³-hybridized carbons (Fsp3) is 0.941. The van der Waals surface area contributed by atoms with Crippen LogP contribution in [-0.4, -0.2) is 36.0 Å². The van der Waals surface area contributed by atoms with Crippen molar-refractivity contribution < 1.29 is 4.79 Å². The van der Waals surface area contributed by atoms with Gasteiger partial charge < -0.3 is 10.2 Å². The van der Waals surface area contributed by atoms with Gasteiger partial charge in [0.15, 0.2) is 0 Å². The summed E-state index contributed by atoms with van der Waals surface area (Å²) in [5.74, 6) is 0.421. The van der Waals surface area contributed by atoms with Gasteiger partial charge in [0.25, 0.3) is 0 Å². The summed E-state index contributed by atoms with van der Waals surface area (Å²) in [6.07, 6.45) is 13.3. The van der Waals surface area contributed by atoms with Crippen molar-refractivity contribution in [1.29, 1.82) is 0 Å². The maximum absolute atomic E-state index is 12.6. The van der Waals surface area contributed by atoms with Gasteiger partial charge in [-0.25, -0.2) is 0 Å². The fourth-order valence-electron chi connectivity index (χ4n) is 3.91. The van der Waals surface area contributed by atoms with Crippen LogP contribution in [0.15, 0.2) is 0 Å². The number of hydrogen-bond donors (Lipinski definition) is 1. The minimum atomic E-state index is 0.164. The van der Waals surface area contributed by atoms with Gasteiger partial charge in [-0.2, -0.15) is 0 Å². The topological polar surface area (TPSA) is 32.3 Å². The Hall–Kier alpha value is -0.570. The van der Waals surface area contributed by atoms with Gasteiger partial charge in [-0.1, -0.05) is 51.9 Å². The zero-order chi connectivity index (χ0) is 14.3. The quantitative estimate of drug-likeness (QED) is 0.755. The van der Waals surface area contributed by atoms with Crippen molar-refractivity contribution in [2.45, 2.75) is 83.1 Å². The molecule has 0 unspecified atom stereocenters. The number of amides is 1. The summed E-state index contributed by atoms with van der Waals surface area (Å²) < 4.78 is 0. The number of nitrogens with zero attached hydrogens (tertiary/aromatic N) is 1. The van der Waals surface area contributed by atoms with Crippen molar-refractivity contribution in [3.8, 4) is 0 Å². The third-order valence-corrected chi connectivity index (χ3v) is 5.12. The Kier molecular flexibility index (Phi) is 6.34. The molecule has 20 heavy (non-hydrogen) atoms. The standard InChI is InChI=1S/C17H32N2O/c1-2-3-4-5-7-10-16(20)19-14-13-18-15-17(19)11-8-6-9-12-17/h18H,2-15H2,1H3. The third kappa shape index (κ3) is 3.97. The number of hydrogen-bond acceptors (Lipinski definition) is 2. The van der Waals surface area contributed by atoms with Crippen molar-refractivity contribution in [3.63, 3.8) is 0 Å². The molecule has 1 aliphatic carbocycles. The Morgan fingerprint density at radius 2 is 1.85 bits per heavy atom. The molecular weight excluding hydrogens is 248 g/mol. The lowest BCUT2D eigenvalue weighted by molar-refractivity contribution is -0.141. The van der Waals surface area contributed by atoms with Crippen molar-refractivity contribution in [2.24, 2.45) is 0 Å². The molecule has 2 aliphatic rings. The van der Waals surface area contributed by atoms with Gasteiger partial charge in [0.05, 0.1) is 5.54 Å². The van der Waals surface area contributed by atoms with Crippen molar-refractivity contribution in [3.05, 3.63) is 0 Å². The molecule has 2 fully saturated rings. The second kappa shape index (κ2) is 8.02. The Morgan fingerprint density at radius 3 is 2.60 bits per heavy atom. The van der Waals surface area contributed by atoms with E-state index in [1.165, 1.54) is 57.8 Å². The molecule has 1 spiro atoms. The predicted molar refractivity (Wildman–Crippen MR) is 83.8 cm³/mol. The van der Waals surface area contributed by atoms with Crippen LogP contribution in [0.1, 0.15) is 77.6 Å². The number of nitrogens with one attached hydrogen (secondary N) is 1. The zero-order valence-corrected chi connectivity index (χ0v) is 13.3. The van der Waals surface area contributed by atoms with Gasteiger partial charge in [0, 0.05) is 26.1 Å². The van der Waals surface area contributed by atoms with Crippen LogP contribution < -0.4 is 5.32 Å². The van der Waals surface area contributed by atoms with Crippen LogP contribution in [0.3, 0.4) is 0 Å². The molecule has 0 aromatic rings. The van der Waals surface area contributed by atoms with Gasteiger partial charge >= 0.3 is 0 Å². The molecule has 1 amide bonds.